The second-order valence-corrected chi connectivity index (χ2v) is 5.00. The largest absolute Gasteiger partial charge is 0.319 e. The van der Waals surface area contributed by atoms with Crippen molar-refractivity contribution in [3.05, 3.63) is 51.3 Å². The molecule has 0 aliphatic rings. The molecule has 1 aromatic carbocycles. The highest BCUT2D eigenvalue weighted by Crippen LogP contribution is 2.27. The van der Waals surface area contributed by atoms with E-state index >= 15 is 0 Å². The Balaban J connectivity index is 2.37. The van der Waals surface area contributed by atoms with Crippen LogP contribution in [0.4, 0.5) is 0 Å². The highest BCUT2D eigenvalue weighted by Gasteiger charge is 2.15. The quantitative estimate of drug-likeness (QED) is 0.939. The fourth-order valence-electron chi connectivity index (χ4n) is 1.88. The number of rotatable bonds is 3. The number of aryl methyl sites for hydroxylation is 2. The minimum absolute atomic E-state index is 0.252. The summed E-state index contributed by atoms with van der Waals surface area (Å²) < 4.78 is 1.81. The van der Waals surface area contributed by atoms with Crippen molar-refractivity contribution in [2.75, 3.05) is 0 Å². The van der Waals surface area contributed by atoms with Gasteiger partial charge in [-0.25, -0.2) is 0 Å². The Bertz CT molecular complexity index is 563. The molecule has 0 saturated heterocycles. The number of aromatic nitrogens is 2. The van der Waals surface area contributed by atoms with Gasteiger partial charge < -0.3 is 5.73 Å². The van der Waals surface area contributed by atoms with Gasteiger partial charge in [-0.1, -0.05) is 36.2 Å². The third-order valence-electron chi connectivity index (χ3n) is 2.95. The number of hydrogen-bond acceptors (Lipinski definition) is 2. The Morgan fingerprint density at radius 3 is 2.56 bits per heavy atom. The van der Waals surface area contributed by atoms with Gasteiger partial charge in [0, 0.05) is 7.05 Å². The van der Waals surface area contributed by atoms with Crippen LogP contribution in [0.25, 0.3) is 0 Å². The summed E-state index contributed by atoms with van der Waals surface area (Å²) in [6, 6.07) is 7.21. The minimum atomic E-state index is -0.252. The van der Waals surface area contributed by atoms with Crippen molar-refractivity contribution in [3.63, 3.8) is 0 Å². The smallest absolute Gasteiger partial charge is 0.0723 e. The zero-order chi connectivity index (χ0) is 13.3. The van der Waals surface area contributed by atoms with Crippen LogP contribution >= 0.6 is 23.2 Å². The van der Waals surface area contributed by atoms with Gasteiger partial charge in [-0.15, -0.1) is 0 Å². The molecule has 5 heteroatoms. The van der Waals surface area contributed by atoms with Crippen molar-refractivity contribution in [3.8, 4) is 0 Å². The summed E-state index contributed by atoms with van der Waals surface area (Å²) in [6.07, 6.45) is 0.891. The van der Waals surface area contributed by atoms with Crippen LogP contribution in [-0.4, -0.2) is 9.78 Å². The molecule has 0 saturated carbocycles. The van der Waals surface area contributed by atoms with Crippen LogP contribution in [0.3, 0.4) is 0 Å². The molecular formula is C13H15Cl2N3. The molecule has 0 aliphatic heterocycles. The van der Waals surface area contributed by atoms with Crippen molar-refractivity contribution < 1.29 is 0 Å². The maximum absolute atomic E-state index is 6.24. The highest BCUT2D eigenvalue weighted by molar-refractivity contribution is 6.42. The standard InChI is InChI=1S/C13H15Cl2N3/c1-3-9-7-12(18(2)17-9)13(16)8-4-5-10(14)11(15)6-8/h4-7,13H,3,16H2,1-2H3. The molecule has 1 heterocycles. The molecule has 0 aliphatic carbocycles. The summed E-state index contributed by atoms with van der Waals surface area (Å²) in [5.74, 6) is 0. The van der Waals surface area contributed by atoms with Crippen LogP contribution in [0, 0.1) is 0 Å². The maximum Gasteiger partial charge on any atom is 0.0723 e. The van der Waals surface area contributed by atoms with Gasteiger partial charge in [-0.3, -0.25) is 4.68 Å². The fraction of sp³-hybridized carbons (Fsp3) is 0.308. The van der Waals surface area contributed by atoms with Gasteiger partial charge in [0.05, 0.1) is 27.5 Å². The Kier molecular flexibility index (Phi) is 3.95. The Labute approximate surface area is 117 Å². The first-order chi connectivity index (χ1) is 8.52. The van der Waals surface area contributed by atoms with E-state index in [9.17, 15) is 0 Å². The number of benzene rings is 1. The third kappa shape index (κ3) is 2.53. The normalized spacial score (nSPS) is 12.7. The van der Waals surface area contributed by atoms with E-state index in [1.165, 1.54) is 0 Å². The molecule has 1 aromatic heterocycles. The first-order valence-electron chi connectivity index (χ1n) is 5.76. The first-order valence-corrected chi connectivity index (χ1v) is 6.52. The molecule has 0 amide bonds. The van der Waals surface area contributed by atoms with E-state index in [0.717, 1.165) is 23.4 Å². The van der Waals surface area contributed by atoms with Gasteiger partial charge in [-0.05, 0) is 30.2 Å². The summed E-state index contributed by atoms with van der Waals surface area (Å²) in [5, 5.41) is 5.44. The van der Waals surface area contributed by atoms with E-state index in [2.05, 4.69) is 12.0 Å². The second kappa shape index (κ2) is 5.31. The van der Waals surface area contributed by atoms with Gasteiger partial charge in [0.15, 0.2) is 0 Å². The molecular weight excluding hydrogens is 269 g/mol. The van der Waals surface area contributed by atoms with Crippen LogP contribution in [0.2, 0.25) is 10.0 Å². The van der Waals surface area contributed by atoms with E-state index in [4.69, 9.17) is 28.9 Å². The van der Waals surface area contributed by atoms with Crippen LogP contribution in [0.5, 0.6) is 0 Å². The predicted octanol–water partition coefficient (Wildman–Crippen LogP) is 3.34. The Hall–Kier alpha value is -1.03. The summed E-state index contributed by atoms with van der Waals surface area (Å²) in [6.45, 7) is 2.07. The second-order valence-electron chi connectivity index (χ2n) is 4.19. The van der Waals surface area contributed by atoms with Crippen molar-refractivity contribution in [1.29, 1.82) is 0 Å². The average molecular weight is 284 g/mol. The van der Waals surface area contributed by atoms with Crippen molar-refractivity contribution in [2.45, 2.75) is 19.4 Å². The molecule has 1 unspecified atom stereocenters. The van der Waals surface area contributed by atoms with Crippen molar-refractivity contribution >= 4 is 23.2 Å². The summed E-state index contributed by atoms with van der Waals surface area (Å²) in [4.78, 5) is 0. The lowest BCUT2D eigenvalue weighted by molar-refractivity contribution is 0.666. The summed E-state index contributed by atoms with van der Waals surface area (Å²) >= 11 is 11.9. The van der Waals surface area contributed by atoms with Crippen molar-refractivity contribution in [2.24, 2.45) is 12.8 Å². The number of nitrogens with zero attached hydrogens (tertiary/aromatic N) is 2. The van der Waals surface area contributed by atoms with Crippen molar-refractivity contribution in [1.82, 2.24) is 9.78 Å². The van der Waals surface area contributed by atoms with E-state index in [1.54, 1.807) is 12.1 Å². The molecule has 2 rings (SSSR count). The third-order valence-corrected chi connectivity index (χ3v) is 3.69. The van der Waals surface area contributed by atoms with Gasteiger partial charge in [0.2, 0.25) is 0 Å². The highest BCUT2D eigenvalue weighted by atomic mass is 35.5. The lowest BCUT2D eigenvalue weighted by atomic mass is 10.0. The lowest BCUT2D eigenvalue weighted by Crippen LogP contribution is -2.15. The lowest BCUT2D eigenvalue weighted by Gasteiger charge is -2.13. The molecule has 96 valence electrons. The van der Waals surface area contributed by atoms with Gasteiger partial charge in [0.1, 0.15) is 0 Å². The molecule has 18 heavy (non-hydrogen) atoms. The van der Waals surface area contributed by atoms with Crippen LogP contribution in [0.1, 0.15) is 29.9 Å². The van der Waals surface area contributed by atoms with Crippen LogP contribution < -0.4 is 5.73 Å². The molecule has 0 fully saturated rings. The molecule has 0 bridgehead atoms. The Morgan fingerprint density at radius 2 is 2.00 bits per heavy atom. The van der Waals surface area contributed by atoms with E-state index in [-0.39, 0.29) is 6.04 Å². The Morgan fingerprint density at radius 1 is 1.28 bits per heavy atom. The number of nitrogens with two attached hydrogens (primary N) is 1. The first kappa shape index (κ1) is 13.4. The SMILES string of the molecule is CCc1cc(C(N)c2ccc(Cl)c(Cl)c2)n(C)n1. The topological polar surface area (TPSA) is 43.8 Å². The zero-order valence-electron chi connectivity index (χ0n) is 10.3. The molecule has 0 radical (unpaired) electrons. The average Bonchev–Trinajstić information content (AvgIpc) is 2.73. The fourth-order valence-corrected chi connectivity index (χ4v) is 2.19. The molecule has 2 N–H and O–H groups in total. The molecule has 0 spiro atoms. The molecule has 1 atom stereocenters. The van der Waals surface area contributed by atoms with Crippen LogP contribution in [-0.2, 0) is 13.5 Å². The summed E-state index contributed by atoms with van der Waals surface area (Å²) in [5.41, 5.74) is 9.16. The number of hydrogen-bond donors (Lipinski definition) is 1. The van der Waals surface area contributed by atoms with E-state index < -0.39 is 0 Å². The molecule has 3 nitrogen and oxygen atoms in total. The van der Waals surface area contributed by atoms with E-state index in [1.807, 2.05) is 23.9 Å². The monoisotopic (exact) mass is 283 g/mol. The summed E-state index contributed by atoms with van der Waals surface area (Å²) in [7, 11) is 1.89. The predicted molar refractivity (Wildman–Crippen MR) is 75.1 cm³/mol. The van der Waals surface area contributed by atoms with Gasteiger partial charge in [-0.2, -0.15) is 5.10 Å². The van der Waals surface area contributed by atoms with E-state index in [0.29, 0.717) is 10.0 Å². The van der Waals surface area contributed by atoms with Crippen LogP contribution in [0.15, 0.2) is 24.3 Å². The minimum Gasteiger partial charge on any atom is -0.319 e. The zero-order valence-corrected chi connectivity index (χ0v) is 11.8. The number of halogens is 2. The maximum atomic E-state index is 6.24. The molecule has 2 aromatic rings. The van der Waals surface area contributed by atoms with Gasteiger partial charge in [0.25, 0.3) is 0 Å². The van der Waals surface area contributed by atoms with Gasteiger partial charge >= 0.3 is 0 Å².